The monoisotopic (exact) mass is 358 g/mol. The molecule has 0 unspecified atom stereocenters. The minimum absolute atomic E-state index is 0.141. The van der Waals surface area contributed by atoms with Crippen molar-refractivity contribution in [3.8, 4) is 0 Å². The minimum Gasteiger partial charge on any atom is -0.450 e. The Bertz CT molecular complexity index is 265. The third-order valence-electron chi connectivity index (χ3n) is 3.26. The molecule has 24 heavy (non-hydrogen) atoms. The first-order valence-corrected chi connectivity index (χ1v) is 7.43. The van der Waals surface area contributed by atoms with E-state index in [2.05, 4.69) is 4.74 Å². The molecule has 10 nitrogen and oxygen atoms in total. The Kier molecular flexibility index (Phi) is 15.1. The molecule has 0 radical (unpaired) electrons. The summed E-state index contributed by atoms with van der Waals surface area (Å²) in [5, 5.41) is 62.0. The summed E-state index contributed by atoms with van der Waals surface area (Å²) in [6.07, 6.45) is -0.450. The maximum absolute atomic E-state index is 9.54. The number of carboxylic acid groups (broad SMARTS) is 1. The maximum Gasteiger partial charge on any atom is 0.505 e. The molecule has 0 aromatic carbocycles. The van der Waals surface area contributed by atoms with Gasteiger partial charge in [0.1, 0.15) is 0 Å². The average Bonchev–Trinajstić information content (AvgIpc) is 2.62. The summed E-state index contributed by atoms with van der Waals surface area (Å²) in [4.78, 5) is 9.54. The normalized spacial score (nSPS) is 11.6. The summed E-state index contributed by atoms with van der Waals surface area (Å²) >= 11 is 0. The quantitative estimate of drug-likeness (QED) is 0.193. The first-order valence-electron chi connectivity index (χ1n) is 7.43. The molecule has 0 bridgehead atoms. The summed E-state index contributed by atoms with van der Waals surface area (Å²) in [6, 6.07) is 0. The van der Waals surface area contributed by atoms with Gasteiger partial charge in [-0.2, -0.15) is 0 Å². The lowest BCUT2D eigenvalue weighted by atomic mass is 9.91. The van der Waals surface area contributed by atoms with Crippen molar-refractivity contribution in [3.63, 3.8) is 0 Å². The van der Waals surface area contributed by atoms with Crippen LogP contribution in [0.3, 0.4) is 0 Å². The highest BCUT2D eigenvalue weighted by Gasteiger charge is 2.32. The molecule has 0 saturated carbocycles. The van der Waals surface area contributed by atoms with Gasteiger partial charge in [-0.3, -0.25) is 0 Å². The summed E-state index contributed by atoms with van der Waals surface area (Å²) < 4.78 is 9.26. The van der Waals surface area contributed by atoms with Crippen LogP contribution in [0.1, 0.15) is 13.3 Å². The van der Waals surface area contributed by atoms with E-state index in [4.69, 9.17) is 40.5 Å². The smallest absolute Gasteiger partial charge is 0.450 e. The second-order valence-electron chi connectivity index (χ2n) is 5.56. The zero-order valence-corrected chi connectivity index (χ0v) is 13.9. The fraction of sp³-hybridized carbons (Fsp3) is 0.929. The van der Waals surface area contributed by atoms with Gasteiger partial charge in [-0.1, -0.05) is 6.92 Å². The molecule has 7 N–H and O–H groups in total. The first-order chi connectivity index (χ1) is 11.3. The standard InChI is InChI=1S/C10H22O7.C4H8O3/c11-1-9(2-12,3-13)7-17-8-10(4-14,5-15)6-16;1-2-3-7-4(5)6/h11-16H,1-8H2;2-3H2,1H3,(H,5,6). The summed E-state index contributed by atoms with van der Waals surface area (Å²) in [7, 11) is 0. The van der Waals surface area contributed by atoms with Gasteiger partial charge in [0.05, 0.1) is 70.3 Å². The average molecular weight is 358 g/mol. The third kappa shape index (κ3) is 9.98. The highest BCUT2D eigenvalue weighted by atomic mass is 16.7. The number of hydrogen-bond acceptors (Lipinski definition) is 9. The van der Waals surface area contributed by atoms with Crippen LogP contribution in [-0.2, 0) is 9.47 Å². The Labute approximate surface area is 140 Å². The lowest BCUT2D eigenvalue weighted by molar-refractivity contribution is -0.103. The molecular formula is C14H30O10. The second-order valence-corrected chi connectivity index (χ2v) is 5.56. The van der Waals surface area contributed by atoms with Crippen LogP contribution in [0, 0.1) is 10.8 Å². The fourth-order valence-corrected chi connectivity index (χ4v) is 1.25. The molecule has 0 aromatic rings. The summed E-state index contributed by atoms with van der Waals surface area (Å²) in [5.74, 6) is 0. The summed E-state index contributed by atoms with van der Waals surface area (Å²) in [6.45, 7) is -0.854. The summed E-state index contributed by atoms with van der Waals surface area (Å²) in [5.41, 5.74) is -2.32. The van der Waals surface area contributed by atoms with Crippen LogP contribution in [0.15, 0.2) is 0 Å². The van der Waals surface area contributed by atoms with E-state index in [1.54, 1.807) is 0 Å². The third-order valence-corrected chi connectivity index (χ3v) is 3.26. The minimum atomic E-state index is -1.19. The van der Waals surface area contributed by atoms with Crippen molar-refractivity contribution in [1.29, 1.82) is 0 Å². The zero-order chi connectivity index (χ0) is 19.1. The molecule has 0 heterocycles. The van der Waals surface area contributed by atoms with E-state index in [1.165, 1.54) is 0 Å². The molecule has 0 aromatic heterocycles. The van der Waals surface area contributed by atoms with Crippen molar-refractivity contribution >= 4 is 6.16 Å². The molecule has 0 spiro atoms. The van der Waals surface area contributed by atoms with Crippen LogP contribution in [-0.4, -0.2) is 101 Å². The molecule has 0 rings (SSSR count). The molecule has 10 heteroatoms. The Morgan fingerprint density at radius 1 is 0.792 bits per heavy atom. The Morgan fingerprint density at radius 3 is 1.29 bits per heavy atom. The van der Waals surface area contributed by atoms with E-state index in [0.29, 0.717) is 6.61 Å². The van der Waals surface area contributed by atoms with Gasteiger partial charge < -0.3 is 45.2 Å². The molecule has 0 aliphatic carbocycles. The van der Waals surface area contributed by atoms with Gasteiger partial charge in [-0.05, 0) is 6.42 Å². The molecular weight excluding hydrogens is 328 g/mol. The topological polar surface area (TPSA) is 177 Å². The van der Waals surface area contributed by atoms with Crippen LogP contribution in [0.5, 0.6) is 0 Å². The number of aliphatic hydroxyl groups is 6. The van der Waals surface area contributed by atoms with Gasteiger partial charge in [0, 0.05) is 0 Å². The first kappa shape index (κ1) is 25.2. The highest BCUT2D eigenvalue weighted by Crippen LogP contribution is 2.19. The van der Waals surface area contributed by atoms with Crippen molar-refractivity contribution in [2.45, 2.75) is 13.3 Å². The molecule has 146 valence electrons. The van der Waals surface area contributed by atoms with Crippen LogP contribution >= 0.6 is 0 Å². The van der Waals surface area contributed by atoms with Crippen molar-refractivity contribution in [2.24, 2.45) is 10.8 Å². The highest BCUT2D eigenvalue weighted by molar-refractivity contribution is 5.56. The SMILES string of the molecule is CCCOC(=O)O.OCC(CO)(CO)COCC(CO)(CO)CO. The van der Waals surface area contributed by atoms with E-state index in [1.807, 2.05) is 6.92 Å². The van der Waals surface area contributed by atoms with Crippen molar-refractivity contribution in [3.05, 3.63) is 0 Å². The fourth-order valence-electron chi connectivity index (χ4n) is 1.25. The molecule has 0 fully saturated rings. The van der Waals surface area contributed by atoms with Gasteiger partial charge >= 0.3 is 6.16 Å². The largest absolute Gasteiger partial charge is 0.505 e. The number of carbonyl (C=O) groups is 1. The van der Waals surface area contributed by atoms with Gasteiger partial charge in [0.25, 0.3) is 0 Å². The van der Waals surface area contributed by atoms with Crippen molar-refractivity contribution in [2.75, 3.05) is 59.5 Å². The second kappa shape index (κ2) is 14.3. The van der Waals surface area contributed by atoms with Crippen LogP contribution < -0.4 is 0 Å². The lowest BCUT2D eigenvalue weighted by Gasteiger charge is -2.31. The van der Waals surface area contributed by atoms with Gasteiger partial charge in [0.2, 0.25) is 0 Å². The van der Waals surface area contributed by atoms with E-state index in [-0.39, 0.29) is 13.2 Å². The van der Waals surface area contributed by atoms with Crippen LogP contribution in [0.2, 0.25) is 0 Å². The predicted octanol–water partition coefficient (Wildman–Crippen LogP) is -1.98. The predicted molar refractivity (Wildman–Crippen MR) is 82.5 cm³/mol. The molecule has 0 saturated heterocycles. The van der Waals surface area contributed by atoms with E-state index in [0.717, 1.165) is 6.42 Å². The number of rotatable bonds is 12. The molecule has 0 atom stereocenters. The van der Waals surface area contributed by atoms with E-state index >= 15 is 0 Å². The van der Waals surface area contributed by atoms with E-state index in [9.17, 15) is 4.79 Å². The van der Waals surface area contributed by atoms with Crippen LogP contribution in [0.25, 0.3) is 0 Å². The Hall–Kier alpha value is -1.01. The molecule has 0 aliphatic heterocycles. The van der Waals surface area contributed by atoms with E-state index < -0.39 is 56.6 Å². The van der Waals surface area contributed by atoms with Gasteiger partial charge in [-0.25, -0.2) is 4.79 Å². The number of hydrogen-bond donors (Lipinski definition) is 7. The van der Waals surface area contributed by atoms with Crippen LogP contribution in [0.4, 0.5) is 4.79 Å². The Balaban J connectivity index is 0. The zero-order valence-electron chi connectivity index (χ0n) is 13.9. The molecule has 0 aliphatic rings. The van der Waals surface area contributed by atoms with Gasteiger partial charge in [-0.15, -0.1) is 0 Å². The van der Waals surface area contributed by atoms with Crippen molar-refractivity contribution < 1.29 is 50.0 Å². The molecule has 0 amide bonds. The van der Waals surface area contributed by atoms with Crippen molar-refractivity contribution in [1.82, 2.24) is 0 Å². The van der Waals surface area contributed by atoms with Gasteiger partial charge in [0.15, 0.2) is 0 Å². The lowest BCUT2D eigenvalue weighted by Crippen LogP contribution is -2.43. The number of aliphatic hydroxyl groups excluding tert-OH is 6. The maximum atomic E-state index is 9.54. The number of ether oxygens (including phenoxy) is 2. The Morgan fingerprint density at radius 2 is 1.12 bits per heavy atom.